The third kappa shape index (κ3) is 3.92. The lowest BCUT2D eigenvalue weighted by molar-refractivity contribution is -0.118. The summed E-state index contributed by atoms with van der Waals surface area (Å²) in [6.45, 7) is 0.877. The molecule has 0 spiro atoms. The first-order chi connectivity index (χ1) is 15.5. The van der Waals surface area contributed by atoms with Gasteiger partial charge in [-0.15, -0.1) is 0 Å². The second kappa shape index (κ2) is 8.70. The number of Topliss-reactive ketones (excluding diaryl/α,β-unsaturated/α-hetero) is 1. The van der Waals surface area contributed by atoms with Crippen molar-refractivity contribution in [2.24, 2.45) is 5.73 Å². The Morgan fingerprint density at radius 3 is 2.44 bits per heavy atom. The first-order valence-electron chi connectivity index (χ1n) is 9.94. The van der Waals surface area contributed by atoms with E-state index in [9.17, 15) is 9.59 Å². The van der Waals surface area contributed by atoms with E-state index in [2.05, 4.69) is 0 Å². The Labute approximate surface area is 184 Å². The highest BCUT2D eigenvalue weighted by molar-refractivity contribution is 6.07. The molecule has 0 saturated heterocycles. The number of hydrogen-bond donors (Lipinski definition) is 1. The van der Waals surface area contributed by atoms with E-state index >= 15 is 0 Å². The summed E-state index contributed by atoms with van der Waals surface area (Å²) in [5.41, 5.74) is 7.85. The number of allylic oxidation sites excluding steroid dienone is 1. The van der Waals surface area contributed by atoms with Crippen LogP contribution in [0.1, 0.15) is 17.3 Å². The first-order valence-corrected chi connectivity index (χ1v) is 9.94. The Kier molecular flexibility index (Phi) is 5.65. The molecule has 0 fully saturated rings. The maximum atomic E-state index is 13.0. The summed E-state index contributed by atoms with van der Waals surface area (Å²) in [5.74, 6) is -1.32. The average Bonchev–Trinajstić information content (AvgIpc) is 2.81. The summed E-state index contributed by atoms with van der Waals surface area (Å²) >= 11 is 0. The van der Waals surface area contributed by atoms with Gasteiger partial charge in [0.15, 0.2) is 6.61 Å². The van der Waals surface area contributed by atoms with Crippen LogP contribution in [-0.4, -0.2) is 23.3 Å². The largest absolute Gasteiger partial charge is 0.454 e. The zero-order valence-electron chi connectivity index (χ0n) is 17.3. The molecule has 0 aliphatic heterocycles. The fourth-order valence-corrected chi connectivity index (χ4v) is 3.58. The van der Waals surface area contributed by atoms with Crippen LogP contribution >= 0.6 is 0 Å². The molecule has 2 N–H and O–H groups in total. The number of carbonyl (C=O) groups is 2. The highest BCUT2D eigenvalue weighted by atomic mass is 16.5. The lowest BCUT2D eigenvalue weighted by atomic mass is 9.99. The molecule has 0 aliphatic rings. The molecular weight excluding hydrogens is 402 g/mol. The number of hydrogen-bond acceptors (Lipinski definition) is 6. The number of carbonyl (C=O) groups excluding carboxylic acids is 2. The van der Waals surface area contributed by atoms with Crippen LogP contribution in [-0.2, 0) is 9.53 Å². The summed E-state index contributed by atoms with van der Waals surface area (Å²) in [7, 11) is 0. The zero-order chi connectivity index (χ0) is 22.7. The molecule has 4 aromatic rings. The van der Waals surface area contributed by atoms with Crippen molar-refractivity contribution >= 4 is 33.4 Å². The average molecular weight is 421 g/mol. The predicted molar refractivity (Wildman–Crippen MR) is 122 cm³/mol. The number of nitrogens with zero attached hydrogens (tertiary/aromatic N) is 2. The maximum absolute atomic E-state index is 13.0. The summed E-state index contributed by atoms with van der Waals surface area (Å²) < 4.78 is 5.25. The van der Waals surface area contributed by atoms with Crippen LogP contribution in [0.2, 0.25) is 0 Å². The molecule has 156 valence electrons. The van der Waals surface area contributed by atoms with E-state index in [1.807, 2.05) is 54.6 Å². The van der Waals surface area contributed by atoms with Gasteiger partial charge < -0.3 is 10.5 Å². The van der Waals surface area contributed by atoms with Crippen molar-refractivity contribution in [1.29, 1.82) is 5.26 Å². The van der Waals surface area contributed by atoms with Gasteiger partial charge in [-0.25, -0.2) is 9.78 Å². The van der Waals surface area contributed by atoms with Crippen molar-refractivity contribution in [3.63, 3.8) is 0 Å². The van der Waals surface area contributed by atoms with Gasteiger partial charge in [-0.05, 0) is 29.8 Å². The predicted octanol–water partition coefficient (Wildman–Crippen LogP) is 4.54. The Balaban J connectivity index is 1.77. The van der Waals surface area contributed by atoms with Gasteiger partial charge in [-0.2, -0.15) is 5.26 Å². The Hall–Kier alpha value is -4.50. The number of esters is 1. The van der Waals surface area contributed by atoms with Crippen LogP contribution in [0.3, 0.4) is 0 Å². The minimum absolute atomic E-state index is 0.0844. The second-order valence-electron chi connectivity index (χ2n) is 7.27. The molecule has 6 heteroatoms. The number of fused-ring (bicyclic) bond motifs is 2. The second-order valence-corrected chi connectivity index (χ2v) is 7.27. The van der Waals surface area contributed by atoms with Gasteiger partial charge in [0.1, 0.15) is 11.6 Å². The number of nitriles is 1. The van der Waals surface area contributed by atoms with Crippen LogP contribution in [0.25, 0.3) is 32.9 Å². The van der Waals surface area contributed by atoms with Crippen LogP contribution in [0, 0.1) is 11.3 Å². The lowest BCUT2D eigenvalue weighted by Crippen LogP contribution is -2.18. The van der Waals surface area contributed by atoms with Gasteiger partial charge in [0.2, 0.25) is 5.78 Å². The third-order valence-corrected chi connectivity index (χ3v) is 5.12. The molecule has 0 bridgehead atoms. The lowest BCUT2D eigenvalue weighted by Gasteiger charge is -2.11. The molecule has 0 aliphatic carbocycles. The van der Waals surface area contributed by atoms with Gasteiger partial charge in [0, 0.05) is 16.6 Å². The van der Waals surface area contributed by atoms with Crippen molar-refractivity contribution in [3.8, 4) is 17.3 Å². The molecular formula is C26H19N3O3. The topological polar surface area (TPSA) is 106 Å². The number of benzene rings is 3. The van der Waals surface area contributed by atoms with E-state index in [0.717, 1.165) is 16.3 Å². The number of ketones is 1. The number of nitrogens with two attached hydrogens (primary N) is 1. The molecule has 0 amide bonds. The van der Waals surface area contributed by atoms with Crippen molar-refractivity contribution in [1.82, 2.24) is 4.98 Å². The fourth-order valence-electron chi connectivity index (χ4n) is 3.58. The number of pyridine rings is 1. The van der Waals surface area contributed by atoms with Gasteiger partial charge in [-0.1, -0.05) is 60.7 Å². The molecule has 1 aromatic heterocycles. The van der Waals surface area contributed by atoms with Crippen molar-refractivity contribution in [2.75, 3.05) is 6.61 Å². The van der Waals surface area contributed by atoms with E-state index in [4.69, 9.17) is 20.7 Å². The van der Waals surface area contributed by atoms with E-state index < -0.39 is 18.4 Å². The Bertz CT molecular complexity index is 1440. The highest BCUT2D eigenvalue weighted by Crippen LogP contribution is 2.30. The van der Waals surface area contributed by atoms with Crippen molar-refractivity contribution in [2.45, 2.75) is 6.92 Å². The number of aromatic nitrogens is 1. The summed E-state index contributed by atoms with van der Waals surface area (Å²) in [6, 6.07) is 24.5. The number of ether oxygens (including phenoxy) is 1. The standard InChI is InChI=1S/C26H19N3O3/c1-16(28)22(14-27)25(30)15-32-26(31)21-13-24(29-23-12-5-4-10-20(21)23)19-11-6-8-17-7-2-3-9-18(17)19/h2-13H,15,28H2,1H3. The molecule has 1 heterocycles. The van der Waals surface area contributed by atoms with E-state index in [-0.39, 0.29) is 11.3 Å². The van der Waals surface area contributed by atoms with Gasteiger partial charge >= 0.3 is 5.97 Å². The van der Waals surface area contributed by atoms with Crippen LogP contribution < -0.4 is 5.73 Å². The van der Waals surface area contributed by atoms with Gasteiger partial charge in [0.25, 0.3) is 0 Å². The SMILES string of the molecule is CC(N)=C(C#N)C(=O)COC(=O)c1cc(-c2cccc3ccccc23)nc2ccccc12. The normalized spacial score (nSPS) is 11.6. The van der Waals surface area contributed by atoms with Crippen LogP contribution in [0.4, 0.5) is 0 Å². The number of para-hydroxylation sites is 1. The first kappa shape index (κ1) is 20.8. The molecule has 0 unspecified atom stereocenters. The molecule has 6 nitrogen and oxygen atoms in total. The molecule has 3 aromatic carbocycles. The summed E-state index contributed by atoms with van der Waals surface area (Å²) in [4.78, 5) is 29.9. The van der Waals surface area contributed by atoms with Crippen LogP contribution in [0.15, 0.2) is 84.1 Å². The van der Waals surface area contributed by atoms with E-state index in [1.54, 1.807) is 24.3 Å². The highest BCUT2D eigenvalue weighted by Gasteiger charge is 2.19. The van der Waals surface area contributed by atoms with Crippen molar-refractivity contribution < 1.29 is 14.3 Å². The smallest absolute Gasteiger partial charge is 0.339 e. The minimum Gasteiger partial charge on any atom is -0.454 e. The molecule has 0 radical (unpaired) electrons. The third-order valence-electron chi connectivity index (χ3n) is 5.12. The van der Waals surface area contributed by atoms with Gasteiger partial charge in [-0.3, -0.25) is 4.79 Å². The van der Waals surface area contributed by atoms with Gasteiger partial charge in [0.05, 0.1) is 16.8 Å². The van der Waals surface area contributed by atoms with E-state index in [0.29, 0.717) is 22.2 Å². The Morgan fingerprint density at radius 1 is 1.00 bits per heavy atom. The van der Waals surface area contributed by atoms with Crippen molar-refractivity contribution in [3.05, 3.63) is 89.6 Å². The monoisotopic (exact) mass is 421 g/mol. The molecule has 0 saturated carbocycles. The maximum Gasteiger partial charge on any atom is 0.339 e. The number of rotatable bonds is 5. The summed E-state index contributed by atoms with van der Waals surface area (Å²) in [5, 5.41) is 11.8. The molecule has 32 heavy (non-hydrogen) atoms. The fraction of sp³-hybridized carbons (Fsp3) is 0.0769. The quantitative estimate of drug-likeness (QED) is 0.288. The minimum atomic E-state index is -0.676. The van der Waals surface area contributed by atoms with Crippen LogP contribution in [0.5, 0.6) is 0 Å². The zero-order valence-corrected chi connectivity index (χ0v) is 17.3. The Morgan fingerprint density at radius 2 is 1.69 bits per heavy atom. The van der Waals surface area contributed by atoms with E-state index in [1.165, 1.54) is 6.92 Å². The molecule has 0 atom stereocenters. The molecule has 4 rings (SSSR count). The summed E-state index contributed by atoms with van der Waals surface area (Å²) in [6.07, 6.45) is 0.